The predicted molar refractivity (Wildman–Crippen MR) is 90.9 cm³/mol. The van der Waals surface area contributed by atoms with E-state index in [9.17, 15) is 13.2 Å². The molecule has 3 rings (SSSR count). The molecule has 118 valence electrons. The molecule has 1 amide bonds. The third-order valence-corrected chi connectivity index (χ3v) is 7.27. The van der Waals surface area contributed by atoms with E-state index in [0.29, 0.717) is 15.9 Å². The molecule has 0 saturated carbocycles. The van der Waals surface area contributed by atoms with Crippen LogP contribution >= 0.6 is 35.0 Å². The Morgan fingerprint density at radius 3 is 2.77 bits per heavy atom. The lowest BCUT2D eigenvalue weighted by molar-refractivity contribution is -0.115. The van der Waals surface area contributed by atoms with Gasteiger partial charge < -0.3 is 4.90 Å². The summed E-state index contributed by atoms with van der Waals surface area (Å²) in [4.78, 5) is 17.3. The first-order chi connectivity index (χ1) is 10.4. The van der Waals surface area contributed by atoms with Gasteiger partial charge in [0.15, 0.2) is 15.0 Å². The predicted octanol–water partition coefficient (Wildman–Crippen LogP) is 2.18. The summed E-state index contributed by atoms with van der Waals surface area (Å²) in [6, 6.07) is 6.84. The molecule has 2 fully saturated rings. The second kappa shape index (κ2) is 6.03. The molecule has 0 aromatic heterocycles. The highest BCUT2D eigenvalue weighted by molar-refractivity contribution is 8.16. The zero-order valence-corrected chi connectivity index (χ0v) is 14.4. The molecule has 5 nitrogen and oxygen atoms in total. The molecule has 2 atom stereocenters. The Morgan fingerprint density at radius 1 is 1.36 bits per heavy atom. The first-order valence-corrected chi connectivity index (χ1v) is 10.1. The topological polar surface area (TPSA) is 66.8 Å². The summed E-state index contributed by atoms with van der Waals surface area (Å²) in [5.41, 5.74) is 0.655. The van der Waals surface area contributed by atoms with Crippen molar-refractivity contribution in [2.24, 2.45) is 4.99 Å². The van der Waals surface area contributed by atoms with Crippen LogP contribution in [0.5, 0.6) is 0 Å². The number of hydrogen-bond acceptors (Lipinski definition) is 4. The molecule has 9 heteroatoms. The van der Waals surface area contributed by atoms with Crippen LogP contribution in [0.3, 0.4) is 0 Å². The van der Waals surface area contributed by atoms with Gasteiger partial charge in [0, 0.05) is 5.25 Å². The van der Waals surface area contributed by atoms with Crippen molar-refractivity contribution >= 4 is 61.6 Å². The maximum atomic E-state index is 11.9. The van der Waals surface area contributed by atoms with E-state index in [1.165, 1.54) is 11.8 Å². The number of aliphatic imine (C=N–C) groups is 1. The van der Waals surface area contributed by atoms with Crippen molar-refractivity contribution in [3.63, 3.8) is 0 Å². The number of amides is 1. The van der Waals surface area contributed by atoms with Gasteiger partial charge in [-0.05, 0) is 12.1 Å². The lowest BCUT2D eigenvalue weighted by Crippen LogP contribution is -2.38. The van der Waals surface area contributed by atoms with Crippen LogP contribution in [0, 0.1) is 0 Å². The number of halogens is 2. The average Bonchev–Trinajstić information content (AvgIpc) is 2.91. The van der Waals surface area contributed by atoms with Crippen LogP contribution in [0.1, 0.15) is 0 Å². The Bertz CT molecular complexity index is 751. The van der Waals surface area contributed by atoms with Crippen molar-refractivity contribution in [2.75, 3.05) is 22.3 Å². The Hall–Kier alpha value is -0.760. The smallest absolute Gasteiger partial charge is 0.262 e. The van der Waals surface area contributed by atoms with E-state index >= 15 is 0 Å². The molecule has 1 aromatic rings. The Morgan fingerprint density at radius 2 is 2.09 bits per heavy atom. The highest BCUT2D eigenvalue weighted by Gasteiger charge is 2.49. The second-order valence-electron chi connectivity index (χ2n) is 5.04. The van der Waals surface area contributed by atoms with Gasteiger partial charge in [0.25, 0.3) is 5.91 Å². The van der Waals surface area contributed by atoms with Crippen LogP contribution in [-0.4, -0.2) is 48.2 Å². The van der Waals surface area contributed by atoms with Crippen LogP contribution in [-0.2, 0) is 14.6 Å². The summed E-state index contributed by atoms with van der Waals surface area (Å²) in [6.45, 7) is 0. The van der Waals surface area contributed by atoms with Gasteiger partial charge in [-0.25, -0.2) is 8.42 Å². The van der Waals surface area contributed by atoms with Crippen molar-refractivity contribution in [1.82, 2.24) is 0 Å². The highest BCUT2D eigenvalue weighted by Crippen LogP contribution is 2.42. The fourth-order valence-electron chi connectivity index (χ4n) is 2.63. The second-order valence-corrected chi connectivity index (χ2v) is 9.08. The molecule has 1 aromatic carbocycles. The molecule has 2 aliphatic rings. The van der Waals surface area contributed by atoms with Crippen molar-refractivity contribution in [3.8, 4) is 0 Å². The number of nitrogens with zero attached hydrogens (tertiary/aromatic N) is 2. The number of sulfone groups is 1. The highest BCUT2D eigenvalue weighted by atomic mass is 35.5. The molecule has 2 saturated heterocycles. The third kappa shape index (κ3) is 2.99. The van der Waals surface area contributed by atoms with Crippen LogP contribution in [0.25, 0.3) is 0 Å². The zero-order valence-electron chi connectivity index (χ0n) is 11.3. The van der Waals surface area contributed by atoms with E-state index in [4.69, 9.17) is 23.2 Å². The summed E-state index contributed by atoms with van der Waals surface area (Å²) in [5, 5.41) is 0.797. The molecule has 0 spiro atoms. The van der Waals surface area contributed by atoms with E-state index in [-0.39, 0.29) is 28.7 Å². The van der Waals surface area contributed by atoms with Crippen LogP contribution in [0.15, 0.2) is 29.3 Å². The summed E-state index contributed by atoms with van der Waals surface area (Å²) in [5.74, 6) is -0.556. The molecule has 0 N–H and O–H groups in total. The number of alkyl halides is 1. The number of hydrogen-bond donors (Lipinski definition) is 0. The fourth-order valence-corrected chi connectivity index (χ4v) is 6.84. The van der Waals surface area contributed by atoms with Gasteiger partial charge in [0.05, 0.1) is 28.3 Å². The van der Waals surface area contributed by atoms with Gasteiger partial charge >= 0.3 is 0 Å². The number of amidine groups is 1. The normalized spacial score (nSPS) is 28.1. The SMILES string of the molecule is O=C(CCl)N=C1S[C@H]2CS(=O)(=O)C[C@@H]2N1c1ccccc1Cl. The van der Waals surface area contributed by atoms with Crippen molar-refractivity contribution in [3.05, 3.63) is 29.3 Å². The monoisotopic (exact) mass is 378 g/mol. The number of thioether (sulfide) groups is 1. The molecule has 0 aliphatic carbocycles. The standard InChI is InChI=1S/C13H12Cl2N2O3S2/c14-5-12(18)16-13-17(9-4-2-1-3-8(9)15)10-6-22(19,20)7-11(10)21-13/h1-4,10-11H,5-7H2/t10-,11-/m0/s1. The Balaban J connectivity index is 2.05. The largest absolute Gasteiger partial charge is 0.314 e. The number of anilines is 1. The van der Waals surface area contributed by atoms with E-state index < -0.39 is 15.7 Å². The third-order valence-electron chi connectivity index (χ3n) is 3.51. The summed E-state index contributed by atoms with van der Waals surface area (Å²) >= 11 is 13.0. The van der Waals surface area contributed by atoms with Crippen molar-refractivity contribution in [2.45, 2.75) is 11.3 Å². The van der Waals surface area contributed by atoms with Gasteiger partial charge in [-0.2, -0.15) is 4.99 Å². The first-order valence-electron chi connectivity index (χ1n) is 6.49. The minimum absolute atomic E-state index is 0.0317. The molecule has 0 radical (unpaired) electrons. The van der Waals surface area contributed by atoms with Gasteiger partial charge in [0.2, 0.25) is 0 Å². The minimum Gasteiger partial charge on any atom is -0.314 e. The maximum absolute atomic E-state index is 11.9. The number of benzene rings is 1. The molecule has 0 unspecified atom stereocenters. The maximum Gasteiger partial charge on any atom is 0.262 e. The molecule has 2 aliphatic heterocycles. The van der Waals surface area contributed by atoms with E-state index in [1.807, 2.05) is 6.07 Å². The number of rotatable bonds is 2. The summed E-state index contributed by atoms with van der Waals surface area (Å²) in [7, 11) is -3.09. The lowest BCUT2D eigenvalue weighted by atomic mass is 10.2. The van der Waals surface area contributed by atoms with E-state index in [0.717, 1.165) is 0 Å². The number of fused-ring (bicyclic) bond motifs is 1. The quantitative estimate of drug-likeness (QED) is 0.737. The van der Waals surface area contributed by atoms with Crippen molar-refractivity contribution < 1.29 is 13.2 Å². The summed E-state index contributed by atoms with van der Waals surface area (Å²) in [6.07, 6.45) is 0. The van der Waals surface area contributed by atoms with Gasteiger partial charge in [-0.3, -0.25) is 4.79 Å². The van der Waals surface area contributed by atoms with Gasteiger partial charge in [0.1, 0.15) is 5.88 Å². The Kier molecular flexibility index (Phi) is 4.42. The van der Waals surface area contributed by atoms with Crippen molar-refractivity contribution in [1.29, 1.82) is 0 Å². The Labute approximate surface area is 142 Å². The molecule has 2 heterocycles. The molecular formula is C13H12Cl2N2O3S2. The first kappa shape index (κ1) is 16.1. The zero-order chi connectivity index (χ0) is 15.9. The molecular weight excluding hydrogens is 367 g/mol. The number of carbonyl (C=O) groups is 1. The van der Waals surface area contributed by atoms with E-state index in [2.05, 4.69) is 4.99 Å². The number of carbonyl (C=O) groups excluding carboxylic acids is 1. The average molecular weight is 379 g/mol. The fraction of sp³-hybridized carbons (Fsp3) is 0.385. The van der Waals surface area contributed by atoms with Crippen LogP contribution < -0.4 is 4.90 Å². The van der Waals surface area contributed by atoms with Gasteiger partial charge in [-0.15, -0.1) is 11.6 Å². The summed E-state index contributed by atoms with van der Waals surface area (Å²) < 4.78 is 23.8. The van der Waals surface area contributed by atoms with E-state index in [1.54, 1.807) is 23.1 Å². The van der Waals surface area contributed by atoms with Crippen LogP contribution in [0.4, 0.5) is 5.69 Å². The molecule has 0 bridgehead atoms. The molecule has 22 heavy (non-hydrogen) atoms. The minimum atomic E-state index is -3.09. The van der Waals surface area contributed by atoms with Crippen LogP contribution in [0.2, 0.25) is 5.02 Å². The van der Waals surface area contributed by atoms with Gasteiger partial charge in [-0.1, -0.05) is 35.5 Å². The number of para-hydroxylation sites is 1. The lowest BCUT2D eigenvalue weighted by Gasteiger charge is -2.25.